The molecule has 0 aliphatic heterocycles. The van der Waals surface area contributed by atoms with E-state index in [1.54, 1.807) is 77.1 Å². The Labute approximate surface area is 321 Å². The monoisotopic (exact) mass is 768 g/mol. The standard InChI is InChI=1S/C39H56N6O10/c1-9-21(6)31(40-23(8)46)36(51)43-30(20(4)5)35(50)44-32(22(7)10-2)37(52)45-33(26-18-14-16-24-15-12-13-17-25(24)26)38(53)42-28(19-29(47)48)34(49)41-27(11-3)39(54)55/h12-18,20-22,27-28,30-33H,9-11,19H2,1-8H3,(H,40,46)(H,41,49)(H,42,53)(H,43,51)(H,44,50)(H,45,52)(H,47,48)(H,54,55)/t21-,22-,27?,28-,30-,31-,32-,33-/m0/s1. The van der Waals surface area contributed by atoms with E-state index in [-0.39, 0.29) is 12.3 Å². The molecule has 0 spiro atoms. The van der Waals surface area contributed by atoms with Gasteiger partial charge in [-0.2, -0.15) is 0 Å². The molecular weight excluding hydrogens is 712 g/mol. The zero-order valence-electron chi connectivity index (χ0n) is 32.7. The quantitative estimate of drug-likeness (QED) is 0.0919. The number of rotatable bonds is 21. The summed E-state index contributed by atoms with van der Waals surface area (Å²) in [6.07, 6.45) is 0.0740. The smallest absolute Gasteiger partial charge is 0.326 e. The lowest BCUT2D eigenvalue weighted by atomic mass is 9.94. The molecule has 1 unspecified atom stereocenters. The summed E-state index contributed by atoms with van der Waals surface area (Å²) in [7, 11) is 0. The fourth-order valence-corrected chi connectivity index (χ4v) is 5.91. The van der Waals surface area contributed by atoms with Gasteiger partial charge < -0.3 is 42.1 Å². The molecule has 55 heavy (non-hydrogen) atoms. The van der Waals surface area contributed by atoms with E-state index in [2.05, 4.69) is 31.9 Å². The average Bonchev–Trinajstić information content (AvgIpc) is 3.13. The van der Waals surface area contributed by atoms with Gasteiger partial charge in [-0.05, 0) is 40.5 Å². The predicted molar refractivity (Wildman–Crippen MR) is 204 cm³/mol. The van der Waals surface area contributed by atoms with Crippen molar-refractivity contribution in [3.8, 4) is 0 Å². The number of carbonyl (C=O) groups excluding carboxylic acids is 6. The van der Waals surface area contributed by atoms with Crippen molar-refractivity contribution in [1.82, 2.24) is 31.9 Å². The number of aliphatic carboxylic acids is 2. The summed E-state index contributed by atoms with van der Waals surface area (Å²) < 4.78 is 0. The summed E-state index contributed by atoms with van der Waals surface area (Å²) >= 11 is 0. The number of amides is 6. The molecule has 2 rings (SSSR count). The van der Waals surface area contributed by atoms with Gasteiger partial charge in [-0.3, -0.25) is 33.6 Å². The first-order valence-corrected chi connectivity index (χ1v) is 18.6. The highest BCUT2D eigenvalue weighted by molar-refractivity contribution is 6.00. The Bertz CT molecular complexity index is 1710. The fraction of sp³-hybridized carbons (Fsp3) is 0.538. The summed E-state index contributed by atoms with van der Waals surface area (Å²) in [6.45, 7) is 13.4. The molecule has 302 valence electrons. The van der Waals surface area contributed by atoms with Crippen molar-refractivity contribution < 1.29 is 48.6 Å². The van der Waals surface area contributed by atoms with E-state index in [1.165, 1.54) is 13.8 Å². The summed E-state index contributed by atoms with van der Waals surface area (Å²) in [4.78, 5) is 104. The Morgan fingerprint density at radius 2 is 1.07 bits per heavy atom. The molecule has 0 radical (unpaired) electrons. The minimum atomic E-state index is -1.72. The second kappa shape index (κ2) is 21.4. The van der Waals surface area contributed by atoms with Crippen molar-refractivity contribution in [3.05, 3.63) is 48.0 Å². The van der Waals surface area contributed by atoms with Crippen molar-refractivity contribution in [2.24, 2.45) is 17.8 Å². The summed E-state index contributed by atoms with van der Waals surface area (Å²) in [5, 5.41) is 35.8. The molecule has 8 N–H and O–H groups in total. The zero-order chi connectivity index (χ0) is 41.6. The van der Waals surface area contributed by atoms with Crippen molar-refractivity contribution in [1.29, 1.82) is 0 Å². The molecular formula is C39H56N6O10. The third-order valence-electron chi connectivity index (χ3n) is 9.61. The van der Waals surface area contributed by atoms with Crippen LogP contribution in [0, 0.1) is 17.8 Å². The average molecular weight is 769 g/mol. The largest absolute Gasteiger partial charge is 0.481 e. The van der Waals surface area contributed by atoms with Crippen LogP contribution in [0.15, 0.2) is 42.5 Å². The van der Waals surface area contributed by atoms with Crippen LogP contribution in [0.1, 0.15) is 92.7 Å². The Hall–Kier alpha value is -5.54. The van der Waals surface area contributed by atoms with Crippen molar-refractivity contribution >= 4 is 58.2 Å². The lowest BCUT2D eigenvalue weighted by Gasteiger charge is -2.31. The Balaban J connectivity index is 2.54. The molecule has 16 nitrogen and oxygen atoms in total. The zero-order valence-corrected chi connectivity index (χ0v) is 32.7. The second-order valence-corrected chi connectivity index (χ2v) is 14.1. The number of carboxylic acids is 2. The van der Waals surface area contributed by atoms with Gasteiger partial charge in [0.1, 0.15) is 36.3 Å². The van der Waals surface area contributed by atoms with Crippen LogP contribution < -0.4 is 31.9 Å². The van der Waals surface area contributed by atoms with E-state index in [0.29, 0.717) is 29.2 Å². The summed E-state index contributed by atoms with van der Waals surface area (Å²) in [5.74, 6) is -8.44. The first kappa shape index (κ1) is 45.6. The van der Waals surface area contributed by atoms with Crippen molar-refractivity contribution in [3.63, 3.8) is 0 Å². The third-order valence-corrected chi connectivity index (χ3v) is 9.61. The van der Waals surface area contributed by atoms with Gasteiger partial charge in [0.25, 0.3) is 0 Å². The van der Waals surface area contributed by atoms with Crippen LogP contribution >= 0.6 is 0 Å². The number of fused-ring (bicyclic) bond motifs is 1. The number of hydrogen-bond acceptors (Lipinski definition) is 8. The third kappa shape index (κ3) is 13.1. The van der Waals surface area contributed by atoms with E-state index in [9.17, 15) is 48.6 Å². The number of carbonyl (C=O) groups is 8. The molecule has 2 aromatic carbocycles. The molecule has 0 aromatic heterocycles. The molecule has 6 amide bonds. The molecule has 2 aromatic rings. The predicted octanol–water partition coefficient (Wildman–Crippen LogP) is 2.16. The Morgan fingerprint density at radius 1 is 0.564 bits per heavy atom. The molecule has 0 fully saturated rings. The van der Waals surface area contributed by atoms with Crippen LogP contribution in [0.4, 0.5) is 0 Å². The molecule has 0 saturated carbocycles. The SMILES string of the molecule is CCC(NC(=O)[C@H](CC(=O)O)NC(=O)[C@@H](NC(=O)[C@@H](NC(=O)[C@@H](NC(=O)[C@@H](NC(C)=O)[C@@H](C)CC)C(C)C)[C@@H](C)CC)c1cccc2ccccc12)C(=O)O. The van der Waals surface area contributed by atoms with Crippen LogP contribution in [-0.4, -0.2) is 87.8 Å². The molecule has 0 aliphatic rings. The van der Waals surface area contributed by atoms with E-state index < -0.39 is 102 Å². The van der Waals surface area contributed by atoms with Gasteiger partial charge in [0.15, 0.2) is 0 Å². The highest BCUT2D eigenvalue weighted by Crippen LogP contribution is 2.26. The molecule has 0 bridgehead atoms. The highest BCUT2D eigenvalue weighted by atomic mass is 16.4. The van der Waals surface area contributed by atoms with Crippen molar-refractivity contribution in [2.75, 3.05) is 0 Å². The summed E-state index contributed by atoms with van der Waals surface area (Å²) in [5.41, 5.74) is 0.297. The molecule has 0 aliphatic carbocycles. The first-order valence-electron chi connectivity index (χ1n) is 18.6. The normalized spacial score (nSPS) is 15.5. The topological polar surface area (TPSA) is 249 Å². The molecule has 0 saturated heterocycles. The Kier molecular flexibility index (Phi) is 17.7. The maximum Gasteiger partial charge on any atom is 0.326 e. The number of nitrogens with one attached hydrogen (secondary N) is 6. The van der Waals surface area contributed by atoms with E-state index >= 15 is 0 Å². The number of hydrogen-bond donors (Lipinski definition) is 8. The van der Waals surface area contributed by atoms with Crippen molar-refractivity contribution in [2.45, 2.75) is 117 Å². The first-order chi connectivity index (χ1) is 25.9. The fourth-order valence-electron chi connectivity index (χ4n) is 5.91. The van der Waals surface area contributed by atoms with Crippen LogP contribution in [0.3, 0.4) is 0 Å². The van der Waals surface area contributed by atoms with Gasteiger partial charge in [-0.15, -0.1) is 0 Å². The Morgan fingerprint density at radius 3 is 1.60 bits per heavy atom. The summed E-state index contributed by atoms with van der Waals surface area (Å²) in [6, 6.07) is 4.18. The number of carboxylic acid groups (broad SMARTS) is 2. The highest BCUT2D eigenvalue weighted by Gasteiger charge is 2.37. The lowest BCUT2D eigenvalue weighted by Crippen LogP contribution is -2.60. The van der Waals surface area contributed by atoms with Gasteiger partial charge in [-0.25, -0.2) is 4.79 Å². The maximum atomic E-state index is 14.3. The van der Waals surface area contributed by atoms with Gasteiger partial charge in [0, 0.05) is 6.92 Å². The minimum Gasteiger partial charge on any atom is -0.481 e. The number of benzene rings is 2. The van der Waals surface area contributed by atoms with E-state index in [0.717, 1.165) is 0 Å². The van der Waals surface area contributed by atoms with Crippen LogP contribution in [0.2, 0.25) is 0 Å². The molecule has 16 heteroatoms. The minimum absolute atomic E-state index is 0.0126. The van der Waals surface area contributed by atoms with Crippen LogP contribution in [0.25, 0.3) is 10.8 Å². The van der Waals surface area contributed by atoms with Crippen LogP contribution in [0.5, 0.6) is 0 Å². The molecule has 0 heterocycles. The van der Waals surface area contributed by atoms with Crippen LogP contribution in [-0.2, 0) is 38.4 Å². The van der Waals surface area contributed by atoms with Gasteiger partial charge >= 0.3 is 11.9 Å². The van der Waals surface area contributed by atoms with E-state index in [4.69, 9.17) is 0 Å². The maximum absolute atomic E-state index is 14.3. The van der Waals surface area contributed by atoms with Gasteiger partial charge in [0.2, 0.25) is 35.4 Å². The lowest BCUT2D eigenvalue weighted by molar-refractivity contribution is -0.143. The van der Waals surface area contributed by atoms with Gasteiger partial charge in [-0.1, -0.05) is 104 Å². The van der Waals surface area contributed by atoms with E-state index in [1.807, 2.05) is 6.92 Å². The second-order valence-electron chi connectivity index (χ2n) is 14.1. The van der Waals surface area contributed by atoms with Gasteiger partial charge in [0.05, 0.1) is 6.42 Å². The molecule has 8 atom stereocenters.